The number of hydrogen-bond donors (Lipinski definition) is 0. The molecule has 0 aliphatic heterocycles. The highest BCUT2D eigenvalue weighted by molar-refractivity contribution is 5.97. The second kappa shape index (κ2) is 8.64. The van der Waals surface area contributed by atoms with Crippen molar-refractivity contribution >= 4 is 17.7 Å². The number of methoxy groups -OCH3 is 1. The summed E-state index contributed by atoms with van der Waals surface area (Å²) < 4.78 is 17.8. The number of esters is 2. The van der Waals surface area contributed by atoms with Crippen molar-refractivity contribution in [1.82, 2.24) is 0 Å². The summed E-state index contributed by atoms with van der Waals surface area (Å²) in [5.74, 6) is 4.46. The van der Waals surface area contributed by atoms with Crippen LogP contribution in [0.3, 0.4) is 0 Å². The van der Waals surface area contributed by atoms with Gasteiger partial charge in [-0.25, -0.2) is 4.79 Å². The molecular weight excluding hydrogens is 444 g/mol. The summed E-state index contributed by atoms with van der Waals surface area (Å²) >= 11 is 0. The zero-order chi connectivity index (χ0) is 25.8. The van der Waals surface area contributed by atoms with Gasteiger partial charge in [-0.2, -0.15) is 0 Å². The van der Waals surface area contributed by atoms with E-state index in [1.807, 2.05) is 45.9 Å². The number of rotatable bonds is 5. The maximum Gasteiger partial charge on any atom is 0.356 e. The fourth-order valence-electron chi connectivity index (χ4n) is 7.06. The fraction of sp³-hybridized carbons (Fsp3) is 0.552. The van der Waals surface area contributed by atoms with Crippen LogP contribution < -0.4 is 0 Å². The van der Waals surface area contributed by atoms with Crippen LogP contribution in [-0.2, 0) is 34.2 Å². The molecule has 35 heavy (non-hydrogen) atoms. The molecule has 0 spiro atoms. The smallest absolute Gasteiger partial charge is 0.356 e. The van der Waals surface area contributed by atoms with Gasteiger partial charge in [0, 0.05) is 42.8 Å². The lowest BCUT2D eigenvalue weighted by Gasteiger charge is -2.65. The molecule has 4 aliphatic rings. The van der Waals surface area contributed by atoms with Gasteiger partial charge in [0.15, 0.2) is 5.78 Å². The Morgan fingerprint density at radius 3 is 2.26 bits per heavy atom. The summed E-state index contributed by atoms with van der Waals surface area (Å²) in [5, 5.41) is 0. The Kier molecular flexibility index (Phi) is 6.22. The van der Waals surface area contributed by atoms with Gasteiger partial charge in [-0.05, 0) is 31.8 Å². The minimum absolute atomic E-state index is 0.00482. The third kappa shape index (κ3) is 3.55. The average Bonchev–Trinajstić information content (AvgIpc) is 2.90. The van der Waals surface area contributed by atoms with Crippen molar-refractivity contribution in [2.24, 2.45) is 28.6 Å². The molecule has 1 aromatic rings. The quantitative estimate of drug-likeness (QED) is 0.466. The molecular formula is C29H34O6. The summed E-state index contributed by atoms with van der Waals surface area (Å²) in [7, 11) is 1.43. The second-order valence-electron chi connectivity index (χ2n) is 10.8. The van der Waals surface area contributed by atoms with Gasteiger partial charge in [0.05, 0.1) is 0 Å². The third-order valence-corrected chi connectivity index (χ3v) is 8.67. The van der Waals surface area contributed by atoms with E-state index in [1.54, 1.807) is 25.1 Å². The number of ether oxygens (including phenoxy) is 3. The molecule has 3 fully saturated rings. The minimum atomic E-state index is -1.61. The van der Waals surface area contributed by atoms with Crippen molar-refractivity contribution in [3.05, 3.63) is 47.5 Å². The van der Waals surface area contributed by atoms with Crippen LogP contribution in [0.25, 0.3) is 0 Å². The van der Waals surface area contributed by atoms with Crippen LogP contribution in [0.4, 0.5) is 0 Å². The van der Waals surface area contributed by atoms with Gasteiger partial charge in [0.2, 0.25) is 0 Å². The lowest BCUT2D eigenvalue weighted by Crippen LogP contribution is -2.68. The zero-order valence-electron chi connectivity index (χ0n) is 21.5. The highest BCUT2D eigenvalue weighted by atomic mass is 16.6. The standard InChI is InChI=1S/C29H34O6/c1-8-14-29(33-7,19-12-10-9-11-13-19)26(32)35-22-16-21(34-18(3)30)27(4,5)25-23-17(2)15-20(31)24(25)28(22,23)6/h9-13,15,21-25H,16H2,1-7H3/t21-,22-,23+,24-,25+,28-,29-/m1/s1. The predicted molar refractivity (Wildman–Crippen MR) is 130 cm³/mol. The average molecular weight is 479 g/mol. The van der Waals surface area contributed by atoms with E-state index in [0.717, 1.165) is 5.57 Å². The summed E-state index contributed by atoms with van der Waals surface area (Å²) in [4.78, 5) is 39.2. The monoisotopic (exact) mass is 478 g/mol. The molecule has 0 saturated heterocycles. The number of carbonyl (C=O) groups is 3. The molecule has 6 nitrogen and oxygen atoms in total. The Hall–Kier alpha value is -2.91. The first-order chi connectivity index (χ1) is 16.4. The molecule has 4 aliphatic carbocycles. The molecule has 0 radical (unpaired) electrons. The van der Waals surface area contributed by atoms with E-state index < -0.39 is 40.6 Å². The van der Waals surface area contributed by atoms with Crippen LogP contribution in [-0.4, -0.2) is 37.0 Å². The van der Waals surface area contributed by atoms with E-state index in [2.05, 4.69) is 11.8 Å². The van der Waals surface area contributed by atoms with Gasteiger partial charge >= 0.3 is 11.9 Å². The Morgan fingerprint density at radius 2 is 1.71 bits per heavy atom. The summed E-state index contributed by atoms with van der Waals surface area (Å²) in [6.07, 6.45) is 0.840. The molecule has 1 aromatic carbocycles. The summed E-state index contributed by atoms with van der Waals surface area (Å²) in [5.41, 5.74) is -1.15. The van der Waals surface area contributed by atoms with Crippen molar-refractivity contribution in [3.8, 4) is 11.8 Å². The van der Waals surface area contributed by atoms with Gasteiger partial charge < -0.3 is 14.2 Å². The lowest BCUT2D eigenvalue weighted by molar-refractivity contribution is -0.211. The fourth-order valence-corrected chi connectivity index (χ4v) is 7.06. The van der Waals surface area contributed by atoms with Gasteiger partial charge in [-0.3, -0.25) is 9.59 Å². The van der Waals surface area contributed by atoms with Crippen molar-refractivity contribution in [2.75, 3.05) is 7.11 Å². The minimum Gasteiger partial charge on any atom is -0.462 e. The largest absolute Gasteiger partial charge is 0.462 e. The molecule has 5 rings (SSSR count). The predicted octanol–water partition coefficient (Wildman–Crippen LogP) is 4.22. The Bertz CT molecular complexity index is 1140. The van der Waals surface area contributed by atoms with Gasteiger partial charge in [0.1, 0.15) is 12.2 Å². The molecule has 186 valence electrons. The second-order valence-corrected chi connectivity index (χ2v) is 10.8. The normalized spacial score (nSPS) is 34.1. The van der Waals surface area contributed by atoms with Crippen LogP contribution in [0.2, 0.25) is 0 Å². The molecule has 6 heteroatoms. The van der Waals surface area contributed by atoms with Crippen LogP contribution in [0.5, 0.6) is 0 Å². The lowest BCUT2D eigenvalue weighted by atomic mass is 9.37. The first-order valence-corrected chi connectivity index (χ1v) is 12.1. The summed E-state index contributed by atoms with van der Waals surface area (Å²) in [6, 6.07) is 9.03. The first kappa shape index (κ1) is 25.2. The maximum atomic E-state index is 13.9. The maximum absolute atomic E-state index is 13.9. The Balaban J connectivity index is 1.80. The number of allylic oxidation sites excluding steroid dienone is 2. The molecule has 4 bridgehead atoms. The number of hydrogen-bond acceptors (Lipinski definition) is 6. The first-order valence-electron chi connectivity index (χ1n) is 12.1. The molecule has 0 N–H and O–H groups in total. The molecule has 0 aromatic heterocycles. The van der Waals surface area contributed by atoms with E-state index >= 15 is 0 Å². The molecule has 0 heterocycles. The zero-order valence-corrected chi connectivity index (χ0v) is 21.5. The van der Waals surface area contributed by atoms with Crippen LogP contribution >= 0.6 is 0 Å². The van der Waals surface area contributed by atoms with Crippen molar-refractivity contribution in [2.45, 2.75) is 65.8 Å². The van der Waals surface area contributed by atoms with E-state index in [0.29, 0.717) is 12.0 Å². The van der Waals surface area contributed by atoms with Gasteiger partial charge in [-0.15, -0.1) is 5.92 Å². The van der Waals surface area contributed by atoms with E-state index in [-0.39, 0.29) is 23.5 Å². The highest BCUT2D eigenvalue weighted by Crippen LogP contribution is 2.72. The Labute approximate surface area is 207 Å². The van der Waals surface area contributed by atoms with Gasteiger partial charge in [-0.1, -0.05) is 62.6 Å². The number of benzene rings is 1. The summed E-state index contributed by atoms with van der Waals surface area (Å²) in [6.45, 7) is 11.1. The molecule has 7 atom stereocenters. The molecule has 3 saturated carbocycles. The number of carbonyl (C=O) groups excluding carboxylic acids is 3. The third-order valence-electron chi connectivity index (χ3n) is 8.67. The van der Waals surface area contributed by atoms with Crippen LogP contribution in [0, 0.1) is 40.4 Å². The van der Waals surface area contributed by atoms with Crippen molar-refractivity contribution < 1.29 is 28.6 Å². The molecule has 0 amide bonds. The Morgan fingerprint density at radius 1 is 1.06 bits per heavy atom. The number of fused-ring (bicyclic) bond motifs is 3. The molecule has 0 unspecified atom stereocenters. The van der Waals surface area contributed by atoms with E-state index in [1.165, 1.54) is 14.0 Å². The van der Waals surface area contributed by atoms with Crippen LogP contribution in [0.15, 0.2) is 42.0 Å². The van der Waals surface area contributed by atoms with Gasteiger partial charge in [0.25, 0.3) is 5.60 Å². The SMILES string of the molecule is CC#C[C@](OC)(C(=O)O[C@@H]1C[C@@H](OC(C)=O)C(C)(C)[C@@H]2[C@H]3C(=O)C=C(C)[C@@H]2[C@]31C)c1ccccc1. The van der Waals surface area contributed by atoms with Crippen molar-refractivity contribution in [1.29, 1.82) is 0 Å². The topological polar surface area (TPSA) is 78.9 Å². The number of ketones is 1. The van der Waals surface area contributed by atoms with Crippen LogP contribution in [0.1, 0.15) is 53.5 Å². The van der Waals surface area contributed by atoms with E-state index in [4.69, 9.17) is 14.2 Å². The van der Waals surface area contributed by atoms with Crippen molar-refractivity contribution in [3.63, 3.8) is 0 Å². The highest BCUT2D eigenvalue weighted by Gasteiger charge is 2.74. The van der Waals surface area contributed by atoms with E-state index in [9.17, 15) is 14.4 Å².